The summed E-state index contributed by atoms with van der Waals surface area (Å²) in [6, 6.07) is 8.44. The highest BCUT2D eigenvalue weighted by molar-refractivity contribution is 7.15. The molecule has 3 rings (SSSR count). The summed E-state index contributed by atoms with van der Waals surface area (Å²) < 4.78 is 0. The van der Waals surface area contributed by atoms with Crippen molar-refractivity contribution in [2.75, 3.05) is 13.6 Å². The molecule has 0 atom stereocenters. The van der Waals surface area contributed by atoms with Crippen molar-refractivity contribution < 1.29 is 0 Å². The van der Waals surface area contributed by atoms with Gasteiger partial charge in [0.1, 0.15) is 0 Å². The van der Waals surface area contributed by atoms with E-state index in [1.165, 1.54) is 32.0 Å². The maximum Gasteiger partial charge on any atom is 0.0943 e. The van der Waals surface area contributed by atoms with Crippen LogP contribution in [0.4, 0.5) is 0 Å². The minimum Gasteiger partial charge on any atom is -0.358 e. The Bertz CT molecular complexity index is 696. The molecule has 0 aliphatic rings. The van der Waals surface area contributed by atoms with E-state index in [2.05, 4.69) is 46.5 Å². The molecule has 98 valence electrons. The Morgan fingerprint density at radius 3 is 3.00 bits per heavy atom. The second-order valence-corrected chi connectivity index (χ2v) is 5.76. The first-order chi connectivity index (χ1) is 9.29. The summed E-state index contributed by atoms with van der Waals surface area (Å²) in [7, 11) is 1.97. The monoisotopic (exact) mass is 271 g/mol. The summed E-state index contributed by atoms with van der Waals surface area (Å²) in [5.41, 5.74) is 3.70. The number of nitrogens with one attached hydrogen (secondary N) is 2. The molecule has 0 unspecified atom stereocenters. The summed E-state index contributed by atoms with van der Waals surface area (Å²) in [4.78, 5) is 9.22. The van der Waals surface area contributed by atoms with Gasteiger partial charge in [0.2, 0.25) is 0 Å². The Morgan fingerprint density at radius 2 is 2.16 bits per heavy atom. The van der Waals surface area contributed by atoms with Crippen molar-refractivity contribution >= 4 is 22.2 Å². The highest BCUT2D eigenvalue weighted by Gasteiger charge is 2.12. The molecule has 0 spiro atoms. The summed E-state index contributed by atoms with van der Waals surface area (Å²) >= 11 is 1.79. The van der Waals surface area contributed by atoms with Crippen LogP contribution >= 0.6 is 11.3 Å². The second-order valence-electron chi connectivity index (χ2n) is 4.64. The fraction of sp³-hybridized carbons (Fsp3) is 0.267. The number of hydrogen-bond acceptors (Lipinski definition) is 3. The Balaban J connectivity index is 2.04. The molecule has 19 heavy (non-hydrogen) atoms. The number of nitrogens with zero attached hydrogens (tertiary/aromatic N) is 1. The topological polar surface area (TPSA) is 40.7 Å². The molecule has 0 amide bonds. The summed E-state index contributed by atoms with van der Waals surface area (Å²) in [6.45, 7) is 3.10. The molecule has 2 aromatic heterocycles. The number of aryl methyl sites for hydroxylation is 1. The quantitative estimate of drug-likeness (QED) is 0.764. The average molecular weight is 271 g/mol. The van der Waals surface area contributed by atoms with Crippen LogP contribution in [-0.2, 0) is 6.42 Å². The van der Waals surface area contributed by atoms with Crippen LogP contribution in [0.1, 0.15) is 10.7 Å². The van der Waals surface area contributed by atoms with Gasteiger partial charge in [-0.15, -0.1) is 11.3 Å². The van der Waals surface area contributed by atoms with Crippen LogP contribution in [0.5, 0.6) is 0 Å². The predicted octanol–water partition coefficient (Wildman–Crippen LogP) is 3.36. The zero-order valence-electron chi connectivity index (χ0n) is 11.2. The van der Waals surface area contributed by atoms with Crippen LogP contribution in [0.3, 0.4) is 0 Å². The van der Waals surface area contributed by atoms with Crippen LogP contribution in [-0.4, -0.2) is 23.6 Å². The normalized spacial score (nSPS) is 11.3. The molecule has 2 N–H and O–H groups in total. The SMILES string of the molecule is CNCCc1ncc(-c2c(C)[nH]c3ccccc23)s1. The largest absolute Gasteiger partial charge is 0.358 e. The predicted molar refractivity (Wildman–Crippen MR) is 81.8 cm³/mol. The molecule has 3 aromatic rings. The van der Waals surface area contributed by atoms with E-state index >= 15 is 0 Å². The second kappa shape index (κ2) is 5.15. The van der Waals surface area contributed by atoms with E-state index in [1.807, 2.05) is 13.2 Å². The summed E-state index contributed by atoms with van der Waals surface area (Å²) in [5.74, 6) is 0. The van der Waals surface area contributed by atoms with E-state index in [0.717, 1.165) is 13.0 Å². The van der Waals surface area contributed by atoms with Gasteiger partial charge in [-0.1, -0.05) is 18.2 Å². The van der Waals surface area contributed by atoms with Gasteiger partial charge in [-0.3, -0.25) is 0 Å². The van der Waals surface area contributed by atoms with Crippen LogP contribution in [0.2, 0.25) is 0 Å². The lowest BCUT2D eigenvalue weighted by atomic mass is 10.1. The van der Waals surface area contributed by atoms with Crippen molar-refractivity contribution in [1.82, 2.24) is 15.3 Å². The van der Waals surface area contributed by atoms with Gasteiger partial charge in [-0.05, 0) is 20.0 Å². The summed E-state index contributed by atoms with van der Waals surface area (Å²) in [6.07, 6.45) is 2.99. The van der Waals surface area contributed by atoms with Crippen LogP contribution in [0.15, 0.2) is 30.5 Å². The molecule has 2 heterocycles. The highest BCUT2D eigenvalue weighted by Crippen LogP contribution is 2.35. The Labute approximate surface area is 116 Å². The van der Waals surface area contributed by atoms with Gasteiger partial charge in [-0.2, -0.15) is 0 Å². The molecule has 0 bridgehead atoms. The van der Waals surface area contributed by atoms with Crippen molar-refractivity contribution in [1.29, 1.82) is 0 Å². The zero-order chi connectivity index (χ0) is 13.2. The van der Waals surface area contributed by atoms with E-state index in [9.17, 15) is 0 Å². The lowest BCUT2D eigenvalue weighted by Gasteiger charge is -1.96. The first-order valence-electron chi connectivity index (χ1n) is 6.46. The minimum atomic E-state index is 0.972. The third-order valence-corrected chi connectivity index (χ3v) is 4.36. The van der Waals surface area contributed by atoms with Crippen molar-refractivity contribution in [3.8, 4) is 10.4 Å². The number of para-hydroxylation sites is 1. The number of hydrogen-bond donors (Lipinski definition) is 2. The van der Waals surface area contributed by atoms with Crippen molar-refractivity contribution in [3.05, 3.63) is 41.2 Å². The van der Waals surface area contributed by atoms with E-state index in [-0.39, 0.29) is 0 Å². The van der Waals surface area contributed by atoms with Crippen molar-refractivity contribution in [3.63, 3.8) is 0 Å². The number of H-pyrrole nitrogens is 1. The van der Waals surface area contributed by atoms with Gasteiger partial charge in [0.25, 0.3) is 0 Å². The van der Waals surface area contributed by atoms with E-state index in [4.69, 9.17) is 0 Å². The number of aromatic nitrogens is 2. The highest BCUT2D eigenvalue weighted by atomic mass is 32.1. The molecule has 4 heteroatoms. The number of fused-ring (bicyclic) bond motifs is 1. The standard InChI is InChI=1S/C15H17N3S/c1-10-15(11-5-3-4-6-12(11)18-10)13-9-17-14(19-13)7-8-16-2/h3-6,9,16,18H,7-8H2,1-2H3. The van der Waals surface area contributed by atoms with Gasteiger partial charge < -0.3 is 10.3 Å². The van der Waals surface area contributed by atoms with Crippen LogP contribution < -0.4 is 5.32 Å². The molecule has 1 aromatic carbocycles. The van der Waals surface area contributed by atoms with Crippen molar-refractivity contribution in [2.24, 2.45) is 0 Å². The van der Waals surface area contributed by atoms with E-state index in [1.54, 1.807) is 11.3 Å². The Morgan fingerprint density at radius 1 is 1.32 bits per heavy atom. The molecule has 0 aliphatic carbocycles. The average Bonchev–Trinajstić information content (AvgIpc) is 2.99. The smallest absolute Gasteiger partial charge is 0.0943 e. The van der Waals surface area contributed by atoms with Crippen molar-refractivity contribution in [2.45, 2.75) is 13.3 Å². The molecule has 0 saturated heterocycles. The molecular formula is C15H17N3S. The Hall–Kier alpha value is -1.65. The number of rotatable bonds is 4. The van der Waals surface area contributed by atoms with Crippen LogP contribution in [0.25, 0.3) is 21.3 Å². The molecular weight excluding hydrogens is 254 g/mol. The number of thiazole rings is 1. The number of likely N-dealkylation sites (N-methyl/N-ethyl adjacent to an activating group) is 1. The number of aromatic amines is 1. The van der Waals surface area contributed by atoms with Gasteiger partial charge in [0.15, 0.2) is 0 Å². The van der Waals surface area contributed by atoms with Crippen LogP contribution in [0, 0.1) is 6.92 Å². The third kappa shape index (κ3) is 2.29. The molecule has 0 aliphatic heterocycles. The minimum absolute atomic E-state index is 0.972. The first kappa shape index (κ1) is 12.4. The van der Waals surface area contributed by atoms with E-state index < -0.39 is 0 Å². The molecule has 0 saturated carbocycles. The number of benzene rings is 1. The zero-order valence-corrected chi connectivity index (χ0v) is 12.0. The van der Waals surface area contributed by atoms with Gasteiger partial charge >= 0.3 is 0 Å². The lowest BCUT2D eigenvalue weighted by Crippen LogP contribution is -2.09. The molecule has 0 fully saturated rings. The van der Waals surface area contributed by atoms with Gasteiger partial charge in [0, 0.05) is 41.3 Å². The Kier molecular flexibility index (Phi) is 3.36. The lowest BCUT2D eigenvalue weighted by molar-refractivity contribution is 0.787. The first-order valence-corrected chi connectivity index (χ1v) is 7.28. The van der Waals surface area contributed by atoms with Gasteiger partial charge in [0.05, 0.1) is 9.88 Å². The fourth-order valence-corrected chi connectivity index (χ4v) is 3.40. The molecule has 3 nitrogen and oxygen atoms in total. The van der Waals surface area contributed by atoms with E-state index in [0.29, 0.717) is 0 Å². The maximum atomic E-state index is 4.52. The van der Waals surface area contributed by atoms with Gasteiger partial charge in [-0.25, -0.2) is 4.98 Å². The summed E-state index contributed by atoms with van der Waals surface area (Å²) in [5, 5.41) is 5.63. The molecule has 0 radical (unpaired) electrons. The maximum absolute atomic E-state index is 4.52. The third-order valence-electron chi connectivity index (χ3n) is 3.28. The fourth-order valence-electron chi connectivity index (χ4n) is 2.37.